The number of carbonyl (C=O) groups is 1. The minimum absolute atomic E-state index is 0.142. The van der Waals surface area contributed by atoms with Gasteiger partial charge in [-0.05, 0) is 38.1 Å². The van der Waals surface area contributed by atoms with Gasteiger partial charge >= 0.3 is 5.97 Å². The van der Waals surface area contributed by atoms with Gasteiger partial charge in [0.05, 0.1) is 13.2 Å². The fourth-order valence-electron chi connectivity index (χ4n) is 2.65. The fourth-order valence-corrected chi connectivity index (χ4v) is 2.65. The lowest BCUT2D eigenvalue weighted by Crippen LogP contribution is -2.51. The highest BCUT2D eigenvalue weighted by atomic mass is 16.5. The smallest absolute Gasteiger partial charge is 0.326 e. The Bertz CT molecular complexity index is 278. The summed E-state index contributed by atoms with van der Waals surface area (Å²) in [6, 6.07) is 0. The number of hydrogen-bond acceptors (Lipinski definition) is 4. The Balaban J connectivity index is 1.87. The summed E-state index contributed by atoms with van der Waals surface area (Å²) in [7, 11) is 1.46. The third-order valence-corrected chi connectivity index (χ3v) is 3.83. The van der Waals surface area contributed by atoms with Crippen LogP contribution in [0.25, 0.3) is 0 Å². The van der Waals surface area contributed by atoms with E-state index in [0.717, 1.165) is 38.3 Å². The Labute approximate surface area is 103 Å². The molecule has 2 aliphatic rings. The molecule has 2 atom stereocenters. The van der Waals surface area contributed by atoms with Crippen molar-refractivity contribution in [2.75, 3.05) is 20.3 Å². The van der Waals surface area contributed by atoms with Crippen LogP contribution in [0, 0.1) is 5.92 Å². The third kappa shape index (κ3) is 2.99. The molecule has 4 heteroatoms. The van der Waals surface area contributed by atoms with Crippen LogP contribution in [0.5, 0.6) is 0 Å². The maximum absolute atomic E-state index is 11.9. The average molecular weight is 241 g/mol. The number of carbonyl (C=O) groups excluding carboxylic acids is 1. The van der Waals surface area contributed by atoms with E-state index in [1.54, 1.807) is 0 Å². The van der Waals surface area contributed by atoms with E-state index < -0.39 is 5.54 Å². The van der Waals surface area contributed by atoms with E-state index in [-0.39, 0.29) is 12.1 Å². The summed E-state index contributed by atoms with van der Waals surface area (Å²) in [4.78, 5) is 11.9. The molecule has 0 saturated heterocycles. The molecule has 2 rings (SSSR count). The van der Waals surface area contributed by atoms with Crippen LogP contribution in [0.15, 0.2) is 0 Å². The molecule has 0 radical (unpaired) electrons. The Morgan fingerprint density at radius 1 is 1.41 bits per heavy atom. The molecule has 0 spiro atoms. The minimum Gasteiger partial charge on any atom is -0.468 e. The number of nitrogens with one attached hydrogen (secondary N) is 1. The first kappa shape index (κ1) is 12.8. The first-order chi connectivity index (χ1) is 8.20. The second kappa shape index (κ2) is 5.36. The van der Waals surface area contributed by atoms with Crippen LogP contribution >= 0.6 is 0 Å². The number of esters is 1. The van der Waals surface area contributed by atoms with Crippen molar-refractivity contribution in [3.05, 3.63) is 0 Å². The van der Waals surface area contributed by atoms with E-state index in [4.69, 9.17) is 9.47 Å². The fraction of sp³-hybridized carbons (Fsp3) is 0.923. The molecule has 2 aliphatic carbocycles. The minimum atomic E-state index is -0.502. The maximum atomic E-state index is 11.9. The zero-order valence-corrected chi connectivity index (χ0v) is 10.8. The standard InChI is InChI=1S/C13H23NO3/c1-3-14-13(12(15)16-2)7-6-11(8-13)17-9-10-4-5-10/h10-11,14H,3-9H2,1-2H3. The van der Waals surface area contributed by atoms with Crippen LogP contribution in [0.1, 0.15) is 39.0 Å². The molecule has 17 heavy (non-hydrogen) atoms. The lowest BCUT2D eigenvalue weighted by molar-refractivity contribution is -0.148. The van der Waals surface area contributed by atoms with Crippen LogP contribution in [0.3, 0.4) is 0 Å². The predicted molar refractivity (Wildman–Crippen MR) is 64.7 cm³/mol. The molecular weight excluding hydrogens is 218 g/mol. The highest BCUT2D eigenvalue weighted by Crippen LogP contribution is 2.35. The van der Waals surface area contributed by atoms with Gasteiger partial charge in [0.2, 0.25) is 0 Å². The topological polar surface area (TPSA) is 47.6 Å². The first-order valence-corrected chi connectivity index (χ1v) is 6.65. The summed E-state index contributed by atoms with van der Waals surface area (Å²) in [6.45, 7) is 3.67. The van der Waals surface area contributed by atoms with Crippen molar-refractivity contribution in [1.82, 2.24) is 5.32 Å². The number of hydrogen-bond donors (Lipinski definition) is 1. The van der Waals surface area contributed by atoms with Crippen molar-refractivity contribution in [3.63, 3.8) is 0 Å². The number of rotatable bonds is 6. The van der Waals surface area contributed by atoms with Gasteiger partial charge in [0.15, 0.2) is 0 Å². The zero-order valence-electron chi connectivity index (χ0n) is 10.8. The lowest BCUT2D eigenvalue weighted by Gasteiger charge is -2.27. The van der Waals surface area contributed by atoms with E-state index in [9.17, 15) is 4.79 Å². The molecule has 0 aromatic carbocycles. The van der Waals surface area contributed by atoms with E-state index in [1.807, 2.05) is 6.92 Å². The Hall–Kier alpha value is -0.610. The highest BCUT2D eigenvalue weighted by Gasteiger charge is 2.46. The average Bonchev–Trinajstić information content (AvgIpc) is 3.08. The van der Waals surface area contributed by atoms with Gasteiger partial charge in [-0.1, -0.05) is 6.92 Å². The molecule has 0 amide bonds. The molecule has 4 nitrogen and oxygen atoms in total. The molecule has 2 saturated carbocycles. The summed E-state index contributed by atoms with van der Waals surface area (Å²) in [5.74, 6) is 0.638. The Morgan fingerprint density at radius 3 is 2.76 bits per heavy atom. The summed E-state index contributed by atoms with van der Waals surface area (Å²) < 4.78 is 10.8. The van der Waals surface area contributed by atoms with Crippen molar-refractivity contribution in [2.24, 2.45) is 5.92 Å². The molecule has 0 aromatic rings. The van der Waals surface area contributed by atoms with Crippen molar-refractivity contribution < 1.29 is 14.3 Å². The van der Waals surface area contributed by atoms with Gasteiger partial charge in [-0.3, -0.25) is 4.79 Å². The van der Waals surface area contributed by atoms with Gasteiger partial charge in [0.25, 0.3) is 0 Å². The van der Waals surface area contributed by atoms with Crippen molar-refractivity contribution in [3.8, 4) is 0 Å². The molecule has 0 bridgehead atoms. The second-order valence-corrected chi connectivity index (χ2v) is 5.25. The van der Waals surface area contributed by atoms with Crippen LogP contribution in [0.4, 0.5) is 0 Å². The molecule has 98 valence electrons. The van der Waals surface area contributed by atoms with Crippen molar-refractivity contribution in [2.45, 2.75) is 50.7 Å². The van der Waals surface area contributed by atoms with Crippen molar-refractivity contribution >= 4 is 5.97 Å². The quantitative estimate of drug-likeness (QED) is 0.716. The Kier molecular flexibility index (Phi) is 4.05. The van der Waals surface area contributed by atoms with E-state index in [2.05, 4.69) is 5.32 Å². The molecule has 0 aliphatic heterocycles. The van der Waals surface area contributed by atoms with E-state index in [1.165, 1.54) is 20.0 Å². The van der Waals surface area contributed by atoms with Gasteiger partial charge in [-0.15, -0.1) is 0 Å². The summed E-state index contributed by atoms with van der Waals surface area (Å²) in [5, 5.41) is 3.29. The molecule has 0 heterocycles. The summed E-state index contributed by atoms with van der Waals surface area (Å²) in [5.41, 5.74) is -0.502. The maximum Gasteiger partial charge on any atom is 0.326 e. The molecule has 2 fully saturated rings. The van der Waals surface area contributed by atoms with Gasteiger partial charge in [-0.25, -0.2) is 0 Å². The number of ether oxygens (including phenoxy) is 2. The third-order valence-electron chi connectivity index (χ3n) is 3.83. The van der Waals surface area contributed by atoms with Gasteiger partial charge in [0.1, 0.15) is 5.54 Å². The number of likely N-dealkylation sites (N-methyl/N-ethyl adjacent to an activating group) is 1. The van der Waals surface area contributed by atoms with Crippen LogP contribution in [-0.2, 0) is 14.3 Å². The molecular formula is C13H23NO3. The summed E-state index contributed by atoms with van der Waals surface area (Å²) in [6.07, 6.45) is 5.36. The van der Waals surface area contributed by atoms with Crippen LogP contribution in [0.2, 0.25) is 0 Å². The predicted octanol–water partition coefficient (Wildman–Crippen LogP) is 1.49. The normalized spacial score (nSPS) is 32.7. The van der Waals surface area contributed by atoms with E-state index in [0.29, 0.717) is 0 Å². The van der Waals surface area contributed by atoms with Crippen LogP contribution < -0.4 is 5.32 Å². The Morgan fingerprint density at radius 2 is 2.18 bits per heavy atom. The zero-order chi connectivity index (χ0) is 12.3. The SMILES string of the molecule is CCNC1(C(=O)OC)CCC(OCC2CC2)C1. The van der Waals surface area contributed by atoms with Gasteiger partial charge < -0.3 is 14.8 Å². The second-order valence-electron chi connectivity index (χ2n) is 5.25. The van der Waals surface area contributed by atoms with Crippen molar-refractivity contribution in [1.29, 1.82) is 0 Å². The monoisotopic (exact) mass is 241 g/mol. The largest absolute Gasteiger partial charge is 0.468 e. The van der Waals surface area contributed by atoms with Crippen LogP contribution in [-0.4, -0.2) is 37.9 Å². The molecule has 2 unspecified atom stereocenters. The first-order valence-electron chi connectivity index (χ1n) is 6.65. The van der Waals surface area contributed by atoms with E-state index >= 15 is 0 Å². The van der Waals surface area contributed by atoms with Gasteiger partial charge in [-0.2, -0.15) is 0 Å². The summed E-state index contributed by atoms with van der Waals surface area (Å²) >= 11 is 0. The lowest BCUT2D eigenvalue weighted by atomic mass is 9.97. The number of methoxy groups -OCH3 is 1. The van der Waals surface area contributed by atoms with Gasteiger partial charge in [0, 0.05) is 13.0 Å². The molecule has 1 N–H and O–H groups in total. The highest BCUT2D eigenvalue weighted by molar-refractivity contribution is 5.81. The molecule has 0 aromatic heterocycles.